The Morgan fingerprint density at radius 1 is 1.35 bits per heavy atom. The van der Waals surface area contributed by atoms with Gasteiger partial charge >= 0.3 is 5.97 Å². The summed E-state index contributed by atoms with van der Waals surface area (Å²) in [5.74, 6) is -0.529. The summed E-state index contributed by atoms with van der Waals surface area (Å²) in [6.45, 7) is 1.67. The number of hydrogen-bond acceptors (Lipinski definition) is 7. The predicted octanol–water partition coefficient (Wildman–Crippen LogP) is 1.63. The minimum absolute atomic E-state index is 0.0548. The first-order valence-electron chi connectivity index (χ1n) is 6.65. The lowest BCUT2D eigenvalue weighted by Gasteiger charge is -2.02. The van der Waals surface area contributed by atoms with Gasteiger partial charge in [-0.3, -0.25) is 9.59 Å². The number of aromatic nitrogens is 3. The minimum atomic E-state index is -0.529. The van der Waals surface area contributed by atoms with Gasteiger partial charge in [0.25, 0.3) is 5.56 Å². The van der Waals surface area contributed by atoms with E-state index in [4.69, 9.17) is 4.74 Å². The number of aldehydes is 1. The third-order valence-corrected chi connectivity index (χ3v) is 3.91. The van der Waals surface area contributed by atoms with Crippen LogP contribution in [0.3, 0.4) is 0 Å². The van der Waals surface area contributed by atoms with Gasteiger partial charge in [0.15, 0.2) is 5.01 Å². The SMILES string of the molecule is Cc1cc(=O)n2nc(COC(=O)c3ccc(C=O)cc3)sc2n1. The van der Waals surface area contributed by atoms with Crippen LogP contribution in [0.25, 0.3) is 4.96 Å². The Morgan fingerprint density at radius 2 is 2.09 bits per heavy atom. The molecule has 0 fully saturated rings. The first kappa shape index (κ1) is 15.0. The summed E-state index contributed by atoms with van der Waals surface area (Å²) in [5.41, 5.74) is 1.15. The van der Waals surface area contributed by atoms with Crippen molar-refractivity contribution in [2.24, 2.45) is 0 Å². The van der Waals surface area contributed by atoms with Crippen LogP contribution in [0.1, 0.15) is 31.4 Å². The highest BCUT2D eigenvalue weighted by Crippen LogP contribution is 2.13. The van der Waals surface area contributed by atoms with E-state index in [0.29, 0.717) is 33.1 Å². The lowest BCUT2D eigenvalue weighted by molar-refractivity contribution is 0.0471. The Labute approximate surface area is 134 Å². The van der Waals surface area contributed by atoms with E-state index in [1.165, 1.54) is 46.2 Å². The van der Waals surface area contributed by atoms with Gasteiger partial charge in [0.1, 0.15) is 12.9 Å². The summed E-state index contributed by atoms with van der Waals surface area (Å²) >= 11 is 1.19. The van der Waals surface area contributed by atoms with Gasteiger partial charge in [-0.2, -0.15) is 9.61 Å². The summed E-state index contributed by atoms with van der Waals surface area (Å²) in [5, 5.41) is 4.55. The number of hydrogen-bond donors (Lipinski definition) is 0. The standard InChI is InChI=1S/C15H11N3O4S/c1-9-6-13(20)18-15(16-9)23-12(17-18)8-22-14(21)11-4-2-10(7-19)3-5-11/h2-7H,8H2,1H3. The number of carbonyl (C=O) groups excluding carboxylic acids is 2. The molecule has 0 saturated carbocycles. The molecule has 3 aromatic rings. The number of fused-ring (bicyclic) bond motifs is 1. The number of benzene rings is 1. The number of rotatable bonds is 4. The highest BCUT2D eigenvalue weighted by molar-refractivity contribution is 7.16. The second-order valence-electron chi connectivity index (χ2n) is 4.74. The zero-order chi connectivity index (χ0) is 16.4. The second-order valence-corrected chi connectivity index (χ2v) is 5.78. The van der Waals surface area contributed by atoms with Crippen LogP contribution in [-0.4, -0.2) is 26.9 Å². The average Bonchev–Trinajstić information content (AvgIpc) is 2.96. The maximum absolute atomic E-state index is 11.9. The molecule has 0 aliphatic carbocycles. The monoisotopic (exact) mass is 329 g/mol. The molecule has 3 rings (SSSR count). The highest BCUT2D eigenvalue weighted by Gasteiger charge is 2.11. The van der Waals surface area contributed by atoms with Crippen molar-refractivity contribution in [3.05, 3.63) is 62.5 Å². The van der Waals surface area contributed by atoms with Gasteiger partial charge in [0.05, 0.1) is 5.56 Å². The van der Waals surface area contributed by atoms with Gasteiger partial charge in [-0.1, -0.05) is 23.5 Å². The van der Waals surface area contributed by atoms with Crippen molar-refractivity contribution in [1.29, 1.82) is 0 Å². The van der Waals surface area contributed by atoms with E-state index >= 15 is 0 Å². The number of ether oxygens (including phenoxy) is 1. The fourth-order valence-corrected chi connectivity index (χ4v) is 2.78. The summed E-state index contributed by atoms with van der Waals surface area (Å²) in [7, 11) is 0. The minimum Gasteiger partial charge on any atom is -0.455 e. The summed E-state index contributed by atoms with van der Waals surface area (Å²) < 4.78 is 6.35. The Kier molecular flexibility index (Phi) is 3.98. The van der Waals surface area contributed by atoms with Crippen LogP contribution >= 0.6 is 11.3 Å². The van der Waals surface area contributed by atoms with E-state index < -0.39 is 5.97 Å². The maximum atomic E-state index is 11.9. The molecule has 0 atom stereocenters. The summed E-state index contributed by atoms with van der Waals surface area (Å²) in [4.78, 5) is 38.9. The third-order valence-electron chi connectivity index (χ3n) is 3.02. The van der Waals surface area contributed by atoms with E-state index in [2.05, 4.69) is 10.1 Å². The van der Waals surface area contributed by atoms with Crippen LogP contribution in [0.4, 0.5) is 0 Å². The fourth-order valence-electron chi connectivity index (χ4n) is 1.93. The van der Waals surface area contributed by atoms with Crippen LogP contribution < -0.4 is 5.56 Å². The molecular formula is C15H11N3O4S. The molecule has 8 heteroatoms. The molecule has 0 aliphatic heterocycles. The number of carbonyl (C=O) groups is 2. The first-order valence-corrected chi connectivity index (χ1v) is 7.47. The van der Waals surface area contributed by atoms with Gasteiger partial charge in [-0.15, -0.1) is 0 Å². The van der Waals surface area contributed by atoms with Gasteiger partial charge in [-0.05, 0) is 19.1 Å². The lowest BCUT2D eigenvalue weighted by Crippen LogP contribution is -2.14. The van der Waals surface area contributed by atoms with E-state index in [1.807, 2.05) is 0 Å². The van der Waals surface area contributed by atoms with Crippen molar-refractivity contribution in [3.8, 4) is 0 Å². The molecular weight excluding hydrogens is 318 g/mol. The predicted molar refractivity (Wildman–Crippen MR) is 82.8 cm³/mol. The quantitative estimate of drug-likeness (QED) is 0.534. The van der Waals surface area contributed by atoms with Crippen LogP contribution in [0.2, 0.25) is 0 Å². The topological polar surface area (TPSA) is 90.6 Å². The van der Waals surface area contributed by atoms with Crippen molar-refractivity contribution in [2.75, 3.05) is 0 Å². The van der Waals surface area contributed by atoms with E-state index in [1.54, 1.807) is 6.92 Å². The first-order chi connectivity index (χ1) is 11.1. The van der Waals surface area contributed by atoms with E-state index in [0.717, 1.165) is 0 Å². The molecule has 0 saturated heterocycles. The molecule has 0 bridgehead atoms. The lowest BCUT2D eigenvalue weighted by atomic mass is 10.1. The van der Waals surface area contributed by atoms with Gasteiger partial charge < -0.3 is 4.74 Å². The number of aryl methyl sites for hydroxylation is 1. The fraction of sp³-hybridized carbons (Fsp3) is 0.133. The molecule has 23 heavy (non-hydrogen) atoms. The highest BCUT2D eigenvalue weighted by atomic mass is 32.1. The summed E-state index contributed by atoms with van der Waals surface area (Å²) in [6.07, 6.45) is 0.697. The Balaban J connectivity index is 1.74. The summed E-state index contributed by atoms with van der Waals surface area (Å²) in [6, 6.07) is 7.48. The zero-order valence-electron chi connectivity index (χ0n) is 12.1. The molecule has 1 aromatic carbocycles. The van der Waals surface area contributed by atoms with E-state index in [9.17, 15) is 14.4 Å². The third kappa shape index (κ3) is 3.16. The smallest absolute Gasteiger partial charge is 0.338 e. The molecule has 2 aromatic heterocycles. The van der Waals surface area contributed by atoms with Crippen molar-refractivity contribution >= 4 is 28.6 Å². The van der Waals surface area contributed by atoms with Crippen molar-refractivity contribution < 1.29 is 14.3 Å². The average molecular weight is 329 g/mol. The van der Waals surface area contributed by atoms with Gasteiger partial charge in [0.2, 0.25) is 4.96 Å². The molecule has 7 nitrogen and oxygen atoms in total. The van der Waals surface area contributed by atoms with Crippen molar-refractivity contribution in [2.45, 2.75) is 13.5 Å². The maximum Gasteiger partial charge on any atom is 0.338 e. The van der Waals surface area contributed by atoms with Crippen LogP contribution in [0.5, 0.6) is 0 Å². The van der Waals surface area contributed by atoms with Crippen molar-refractivity contribution in [1.82, 2.24) is 14.6 Å². The van der Waals surface area contributed by atoms with Crippen molar-refractivity contribution in [3.63, 3.8) is 0 Å². The molecule has 0 aliphatic rings. The second kappa shape index (κ2) is 6.09. The van der Waals surface area contributed by atoms with Gasteiger partial charge in [-0.25, -0.2) is 9.78 Å². The molecule has 0 amide bonds. The Hall–Kier alpha value is -2.87. The van der Waals surface area contributed by atoms with Crippen LogP contribution in [-0.2, 0) is 11.3 Å². The van der Waals surface area contributed by atoms with Crippen LogP contribution in [0.15, 0.2) is 35.1 Å². The van der Waals surface area contributed by atoms with E-state index in [-0.39, 0.29) is 12.2 Å². The molecule has 0 N–H and O–H groups in total. The van der Waals surface area contributed by atoms with Gasteiger partial charge in [0, 0.05) is 17.3 Å². The molecule has 0 radical (unpaired) electrons. The Morgan fingerprint density at radius 3 is 2.78 bits per heavy atom. The molecule has 2 heterocycles. The largest absolute Gasteiger partial charge is 0.455 e. The Bertz CT molecular complexity index is 944. The zero-order valence-corrected chi connectivity index (χ0v) is 12.9. The van der Waals surface area contributed by atoms with Crippen LogP contribution in [0, 0.1) is 6.92 Å². The molecule has 0 unspecified atom stereocenters. The number of esters is 1. The number of nitrogens with zero attached hydrogens (tertiary/aromatic N) is 3. The normalized spacial score (nSPS) is 10.7. The molecule has 116 valence electrons. The molecule has 0 spiro atoms.